The first-order valence-corrected chi connectivity index (χ1v) is 10.3. The summed E-state index contributed by atoms with van der Waals surface area (Å²) in [6, 6.07) is 0. The third-order valence-corrected chi connectivity index (χ3v) is 6.29. The van der Waals surface area contributed by atoms with E-state index in [2.05, 4.69) is 13.2 Å². The van der Waals surface area contributed by atoms with Crippen molar-refractivity contribution in [3.05, 3.63) is 0 Å². The van der Waals surface area contributed by atoms with Gasteiger partial charge in [-0.1, -0.05) is 38.5 Å². The highest BCUT2D eigenvalue weighted by atomic mass is 32.2. The van der Waals surface area contributed by atoms with Crippen LogP contribution in [0.5, 0.6) is 0 Å². The van der Waals surface area contributed by atoms with Gasteiger partial charge in [0.1, 0.15) is 5.60 Å². The fourth-order valence-electron chi connectivity index (χ4n) is 4.33. The molecule has 0 aromatic carbocycles. The van der Waals surface area contributed by atoms with E-state index >= 15 is 0 Å². The van der Waals surface area contributed by atoms with Crippen LogP contribution in [0, 0.1) is 11.8 Å². The number of rotatable bonds is 6. The van der Waals surface area contributed by atoms with Crippen molar-refractivity contribution in [2.45, 2.75) is 83.2 Å². The fraction of sp³-hybridized carbons (Fsp3) is 0.944. The lowest BCUT2D eigenvalue weighted by Crippen LogP contribution is -2.48. The quantitative estimate of drug-likeness (QED) is 0.630. The predicted octanol–water partition coefficient (Wildman–Crippen LogP) is 5.20. The fourth-order valence-corrected chi connectivity index (χ4v) is 4.70. The zero-order chi connectivity index (χ0) is 15.1. The van der Waals surface area contributed by atoms with Gasteiger partial charge in [0.2, 0.25) is 0 Å². The Bertz CT molecular complexity index is 299. The van der Waals surface area contributed by atoms with E-state index in [4.69, 9.17) is 4.74 Å². The van der Waals surface area contributed by atoms with E-state index in [1.165, 1.54) is 64.2 Å². The van der Waals surface area contributed by atoms with E-state index in [0.717, 1.165) is 5.75 Å². The van der Waals surface area contributed by atoms with Gasteiger partial charge in [-0.25, -0.2) is 0 Å². The molecule has 0 unspecified atom stereocenters. The number of thioether (sulfide) groups is 1. The Morgan fingerprint density at radius 2 is 1.48 bits per heavy atom. The van der Waals surface area contributed by atoms with E-state index in [1.807, 2.05) is 0 Å². The molecule has 0 N–H and O–H groups in total. The zero-order valence-electron chi connectivity index (χ0n) is 13.9. The van der Waals surface area contributed by atoms with Crippen LogP contribution in [0.4, 0.5) is 0 Å². The first kappa shape index (κ1) is 17.2. The summed E-state index contributed by atoms with van der Waals surface area (Å²) in [6.45, 7) is 2.26. The normalized spacial score (nSPS) is 22.2. The van der Waals surface area contributed by atoms with Gasteiger partial charge >= 0.3 is 5.97 Å². The van der Waals surface area contributed by atoms with Crippen LogP contribution >= 0.6 is 11.8 Å². The molecule has 0 radical (unpaired) electrons. The molecule has 0 heterocycles. The SMILES string of the molecule is CSCCC(=O)OC(C)(C1CCCCC1)C1CCCCC1. The van der Waals surface area contributed by atoms with Crippen molar-refractivity contribution in [2.75, 3.05) is 12.0 Å². The Morgan fingerprint density at radius 1 is 1.00 bits per heavy atom. The first-order valence-electron chi connectivity index (χ1n) is 8.87. The molecule has 3 heteroatoms. The smallest absolute Gasteiger partial charge is 0.307 e. The summed E-state index contributed by atoms with van der Waals surface area (Å²) in [6.07, 6.45) is 15.6. The summed E-state index contributed by atoms with van der Waals surface area (Å²) in [7, 11) is 0. The molecule has 0 bridgehead atoms. The molecular formula is C18H32O2S. The monoisotopic (exact) mass is 312 g/mol. The maximum absolute atomic E-state index is 12.3. The molecule has 0 aromatic rings. The molecule has 0 spiro atoms. The Labute approximate surface area is 134 Å². The molecule has 2 aliphatic rings. The van der Waals surface area contributed by atoms with Gasteiger partial charge < -0.3 is 4.74 Å². The summed E-state index contributed by atoms with van der Waals surface area (Å²) in [5.41, 5.74) is -0.198. The molecular weight excluding hydrogens is 280 g/mol. The topological polar surface area (TPSA) is 26.3 Å². The van der Waals surface area contributed by atoms with Gasteiger partial charge in [0, 0.05) is 5.75 Å². The highest BCUT2D eigenvalue weighted by Gasteiger charge is 2.44. The Morgan fingerprint density at radius 3 is 1.90 bits per heavy atom. The van der Waals surface area contributed by atoms with E-state index in [9.17, 15) is 4.79 Å². The number of hydrogen-bond acceptors (Lipinski definition) is 3. The molecule has 0 amide bonds. The van der Waals surface area contributed by atoms with Gasteiger partial charge in [-0.2, -0.15) is 11.8 Å². The second-order valence-corrected chi connectivity index (χ2v) is 8.06. The molecule has 21 heavy (non-hydrogen) atoms. The van der Waals surface area contributed by atoms with E-state index in [0.29, 0.717) is 18.3 Å². The van der Waals surface area contributed by atoms with Gasteiger partial charge in [-0.3, -0.25) is 4.79 Å². The van der Waals surface area contributed by atoms with Crippen LogP contribution in [0.15, 0.2) is 0 Å². The largest absolute Gasteiger partial charge is 0.459 e. The summed E-state index contributed by atoms with van der Waals surface area (Å²) in [5, 5.41) is 0. The summed E-state index contributed by atoms with van der Waals surface area (Å²) in [5.74, 6) is 2.09. The third-order valence-electron chi connectivity index (χ3n) is 5.68. The lowest BCUT2D eigenvalue weighted by molar-refractivity contribution is -0.176. The molecule has 2 nitrogen and oxygen atoms in total. The Balaban J connectivity index is 2.05. The van der Waals surface area contributed by atoms with Gasteiger partial charge in [-0.05, 0) is 50.7 Å². The lowest BCUT2D eigenvalue weighted by atomic mass is 9.67. The second-order valence-electron chi connectivity index (χ2n) is 7.07. The standard InChI is InChI=1S/C18H32O2S/c1-18(15-9-5-3-6-10-15,16-11-7-4-8-12-16)20-17(19)13-14-21-2/h15-16H,3-14H2,1-2H3. The molecule has 0 aliphatic heterocycles. The average molecular weight is 313 g/mol. The molecule has 0 saturated heterocycles. The van der Waals surface area contributed by atoms with Crippen molar-refractivity contribution in [3.63, 3.8) is 0 Å². The number of esters is 1. The van der Waals surface area contributed by atoms with Crippen molar-refractivity contribution in [1.82, 2.24) is 0 Å². The zero-order valence-corrected chi connectivity index (χ0v) is 14.7. The van der Waals surface area contributed by atoms with Crippen molar-refractivity contribution in [2.24, 2.45) is 11.8 Å². The number of hydrogen-bond donors (Lipinski definition) is 0. The predicted molar refractivity (Wildman–Crippen MR) is 90.6 cm³/mol. The Hall–Kier alpha value is -0.180. The van der Waals surface area contributed by atoms with Crippen LogP contribution in [0.1, 0.15) is 77.6 Å². The van der Waals surface area contributed by atoms with Crippen LogP contribution in [-0.4, -0.2) is 23.6 Å². The summed E-state index contributed by atoms with van der Waals surface area (Å²) >= 11 is 1.73. The summed E-state index contributed by atoms with van der Waals surface area (Å²) < 4.78 is 6.17. The maximum atomic E-state index is 12.3. The van der Waals surface area contributed by atoms with Crippen molar-refractivity contribution in [1.29, 1.82) is 0 Å². The van der Waals surface area contributed by atoms with Crippen LogP contribution in [0.25, 0.3) is 0 Å². The minimum absolute atomic E-state index is 0.0306. The Kier molecular flexibility index (Phi) is 6.91. The van der Waals surface area contributed by atoms with Gasteiger partial charge in [0.25, 0.3) is 0 Å². The molecule has 2 fully saturated rings. The number of ether oxygens (including phenoxy) is 1. The van der Waals surface area contributed by atoms with Gasteiger partial charge in [-0.15, -0.1) is 0 Å². The first-order chi connectivity index (χ1) is 10.2. The van der Waals surface area contributed by atoms with E-state index in [-0.39, 0.29) is 11.6 Å². The molecule has 0 aromatic heterocycles. The lowest BCUT2D eigenvalue weighted by Gasteiger charge is -2.46. The van der Waals surface area contributed by atoms with E-state index in [1.54, 1.807) is 11.8 Å². The van der Waals surface area contributed by atoms with Crippen molar-refractivity contribution in [3.8, 4) is 0 Å². The van der Waals surface area contributed by atoms with Crippen molar-refractivity contribution >= 4 is 17.7 Å². The maximum Gasteiger partial charge on any atom is 0.307 e. The minimum Gasteiger partial charge on any atom is -0.459 e. The number of carbonyl (C=O) groups is 1. The number of carbonyl (C=O) groups excluding carboxylic acids is 1. The minimum atomic E-state index is -0.198. The van der Waals surface area contributed by atoms with E-state index < -0.39 is 0 Å². The molecule has 122 valence electrons. The molecule has 2 saturated carbocycles. The highest BCUT2D eigenvalue weighted by Crippen LogP contribution is 2.45. The highest BCUT2D eigenvalue weighted by molar-refractivity contribution is 7.98. The van der Waals surface area contributed by atoms with Crippen LogP contribution in [0.3, 0.4) is 0 Å². The van der Waals surface area contributed by atoms with Crippen LogP contribution in [0.2, 0.25) is 0 Å². The van der Waals surface area contributed by atoms with Crippen LogP contribution < -0.4 is 0 Å². The summed E-state index contributed by atoms with van der Waals surface area (Å²) in [4.78, 5) is 12.3. The molecule has 0 atom stereocenters. The van der Waals surface area contributed by atoms with Gasteiger partial charge in [0.05, 0.1) is 6.42 Å². The third kappa shape index (κ3) is 4.64. The van der Waals surface area contributed by atoms with Gasteiger partial charge in [0.15, 0.2) is 0 Å². The van der Waals surface area contributed by atoms with Crippen LogP contribution in [-0.2, 0) is 9.53 Å². The molecule has 2 aliphatic carbocycles. The average Bonchev–Trinajstić information content (AvgIpc) is 2.54. The molecule has 2 rings (SSSR count). The van der Waals surface area contributed by atoms with Crippen molar-refractivity contribution < 1.29 is 9.53 Å². The second kappa shape index (κ2) is 8.45.